The fourth-order valence-electron chi connectivity index (χ4n) is 3.59. The van der Waals surface area contributed by atoms with Crippen molar-refractivity contribution in [1.82, 2.24) is 0 Å². The van der Waals surface area contributed by atoms with Gasteiger partial charge in [0.15, 0.2) is 0 Å². The predicted molar refractivity (Wildman–Crippen MR) is 126 cm³/mol. The first-order chi connectivity index (χ1) is 12.7. The summed E-state index contributed by atoms with van der Waals surface area (Å²) >= 11 is 3.46. The van der Waals surface area contributed by atoms with E-state index in [1.807, 2.05) is 0 Å². The zero-order chi connectivity index (χ0) is 20.5. The van der Waals surface area contributed by atoms with Gasteiger partial charge in [0.1, 0.15) is 0 Å². The molecule has 2 aromatic rings. The highest BCUT2D eigenvalue weighted by molar-refractivity contribution is 9.08. The van der Waals surface area contributed by atoms with Crippen LogP contribution < -0.4 is 0 Å². The van der Waals surface area contributed by atoms with E-state index in [0.717, 1.165) is 5.33 Å². The predicted octanol–water partition coefficient (Wildman–Crippen LogP) is 8.73. The van der Waals surface area contributed by atoms with Gasteiger partial charge in [0, 0.05) is 5.33 Å². The first-order valence-electron chi connectivity index (χ1n) is 10.4. The van der Waals surface area contributed by atoms with Gasteiger partial charge < -0.3 is 0 Å². The summed E-state index contributed by atoms with van der Waals surface area (Å²) in [5.74, 6) is 0. The fraction of sp³-hybridized carbons (Fsp3) is 0.538. The van der Waals surface area contributed by atoms with E-state index in [4.69, 9.17) is 0 Å². The van der Waals surface area contributed by atoms with Crippen LogP contribution in [0.5, 0.6) is 0 Å². The molecular weight excluding hydrogens is 392 g/mol. The lowest BCUT2D eigenvalue weighted by Gasteiger charge is -2.24. The van der Waals surface area contributed by atoms with Crippen molar-refractivity contribution in [3.05, 3.63) is 70.8 Å². The Hall–Kier alpha value is -1.08. The third kappa shape index (κ3) is 7.82. The standard InChI is InChI=1S/C13H19Br.C13H20/c1-4-9-13(2,3)12-7-5-11(10-14)6-8-12;1-5-10-13(3,4)12-8-6-11(2)7-9-12/h5-8H,4,9-10H2,1-3H3;6-9H,5,10H2,1-4H3. The number of hydrogen-bond acceptors (Lipinski definition) is 0. The van der Waals surface area contributed by atoms with Crippen molar-refractivity contribution in [2.45, 2.75) is 90.3 Å². The SMILES string of the molecule is CCCC(C)(C)c1ccc(C)cc1.CCCC(C)(C)c1ccc(CBr)cc1. The van der Waals surface area contributed by atoms with Crippen molar-refractivity contribution in [3.63, 3.8) is 0 Å². The highest BCUT2D eigenvalue weighted by atomic mass is 79.9. The third-order valence-electron chi connectivity index (χ3n) is 5.47. The lowest BCUT2D eigenvalue weighted by molar-refractivity contribution is 0.473. The molecule has 0 aliphatic carbocycles. The molecule has 150 valence electrons. The number of alkyl halides is 1. The maximum atomic E-state index is 3.46. The summed E-state index contributed by atoms with van der Waals surface area (Å²) in [6, 6.07) is 17.8. The number of hydrogen-bond donors (Lipinski definition) is 0. The molecule has 0 radical (unpaired) electrons. The quantitative estimate of drug-likeness (QED) is 0.385. The highest BCUT2D eigenvalue weighted by Gasteiger charge is 2.19. The van der Waals surface area contributed by atoms with Crippen LogP contribution in [0.2, 0.25) is 0 Å². The second-order valence-corrected chi connectivity index (χ2v) is 9.53. The van der Waals surface area contributed by atoms with Crippen molar-refractivity contribution in [2.75, 3.05) is 0 Å². The van der Waals surface area contributed by atoms with Crippen LogP contribution in [0.4, 0.5) is 0 Å². The average Bonchev–Trinajstić information content (AvgIpc) is 2.62. The Morgan fingerprint density at radius 1 is 0.667 bits per heavy atom. The van der Waals surface area contributed by atoms with Gasteiger partial charge in [0.2, 0.25) is 0 Å². The average molecular weight is 432 g/mol. The zero-order valence-corrected chi connectivity index (χ0v) is 20.1. The highest BCUT2D eigenvalue weighted by Crippen LogP contribution is 2.29. The second-order valence-electron chi connectivity index (χ2n) is 8.96. The van der Waals surface area contributed by atoms with E-state index >= 15 is 0 Å². The van der Waals surface area contributed by atoms with Gasteiger partial charge in [-0.25, -0.2) is 0 Å². The molecule has 0 bridgehead atoms. The molecule has 0 saturated heterocycles. The molecule has 1 heteroatoms. The van der Waals surface area contributed by atoms with Crippen LogP contribution in [0.25, 0.3) is 0 Å². The minimum absolute atomic E-state index is 0.319. The third-order valence-corrected chi connectivity index (χ3v) is 6.12. The Balaban J connectivity index is 0.000000271. The number of rotatable bonds is 7. The van der Waals surface area contributed by atoms with Gasteiger partial charge in [-0.2, -0.15) is 0 Å². The van der Waals surface area contributed by atoms with Gasteiger partial charge >= 0.3 is 0 Å². The van der Waals surface area contributed by atoms with Crippen LogP contribution in [0.1, 0.15) is 89.5 Å². The molecule has 0 amide bonds. The topological polar surface area (TPSA) is 0 Å². The molecule has 0 aliphatic rings. The Bertz CT molecular complexity index is 648. The van der Waals surface area contributed by atoms with Crippen LogP contribution >= 0.6 is 15.9 Å². The molecule has 0 nitrogen and oxygen atoms in total. The summed E-state index contributed by atoms with van der Waals surface area (Å²) in [5, 5.41) is 0.946. The van der Waals surface area contributed by atoms with Crippen LogP contribution in [-0.2, 0) is 16.2 Å². The number of aryl methyl sites for hydroxylation is 1. The molecule has 0 unspecified atom stereocenters. The lowest BCUT2D eigenvalue weighted by atomic mass is 9.80. The summed E-state index contributed by atoms with van der Waals surface area (Å²) in [6.45, 7) is 15.9. The second kappa shape index (κ2) is 11.1. The molecule has 0 aromatic heterocycles. The smallest absolute Gasteiger partial charge is 0.0283 e. The van der Waals surface area contributed by atoms with E-state index in [9.17, 15) is 0 Å². The van der Waals surface area contributed by atoms with Crippen LogP contribution in [-0.4, -0.2) is 0 Å². The Kier molecular flexibility index (Phi) is 9.81. The van der Waals surface area contributed by atoms with E-state index in [1.165, 1.54) is 47.9 Å². The summed E-state index contributed by atoms with van der Waals surface area (Å²) in [6.07, 6.45) is 5.00. The monoisotopic (exact) mass is 430 g/mol. The molecule has 0 aliphatic heterocycles. The summed E-state index contributed by atoms with van der Waals surface area (Å²) < 4.78 is 0. The molecule has 0 fully saturated rings. The zero-order valence-electron chi connectivity index (χ0n) is 18.5. The fourth-order valence-corrected chi connectivity index (χ4v) is 3.96. The van der Waals surface area contributed by atoms with Crippen molar-refractivity contribution >= 4 is 15.9 Å². The first-order valence-corrected chi connectivity index (χ1v) is 11.5. The molecule has 0 N–H and O–H groups in total. The molecule has 0 spiro atoms. The van der Waals surface area contributed by atoms with Crippen molar-refractivity contribution < 1.29 is 0 Å². The van der Waals surface area contributed by atoms with Crippen LogP contribution in [0.15, 0.2) is 48.5 Å². The molecule has 2 rings (SSSR count). The Labute approximate surface area is 176 Å². The van der Waals surface area contributed by atoms with Gasteiger partial charge in [-0.15, -0.1) is 0 Å². The lowest BCUT2D eigenvalue weighted by Crippen LogP contribution is -2.16. The van der Waals surface area contributed by atoms with Crippen molar-refractivity contribution in [3.8, 4) is 0 Å². The number of benzene rings is 2. The normalized spacial score (nSPS) is 11.7. The minimum Gasteiger partial charge on any atom is -0.0876 e. The first kappa shape index (κ1) is 24.0. The maximum Gasteiger partial charge on any atom is 0.0283 e. The Morgan fingerprint density at radius 3 is 1.37 bits per heavy atom. The van der Waals surface area contributed by atoms with Crippen molar-refractivity contribution in [2.24, 2.45) is 0 Å². The Morgan fingerprint density at radius 2 is 1.04 bits per heavy atom. The molecule has 0 saturated carbocycles. The minimum atomic E-state index is 0.319. The molecule has 2 aromatic carbocycles. The van der Waals surface area contributed by atoms with Gasteiger partial charge in [-0.3, -0.25) is 0 Å². The summed E-state index contributed by atoms with van der Waals surface area (Å²) in [4.78, 5) is 0. The molecule has 27 heavy (non-hydrogen) atoms. The molecular formula is C26H39Br. The molecule has 0 atom stereocenters. The summed E-state index contributed by atoms with van der Waals surface area (Å²) in [7, 11) is 0. The van der Waals surface area contributed by atoms with Gasteiger partial charge in [0.05, 0.1) is 0 Å². The van der Waals surface area contributed by atoms with Crippen LogP contribution in [0.3, 0.4) is 0 Å². The van der Waals surface area contributed by atoms with E-state index in [0.29, 0.717) is 10.8 Å². The van der Waals surface area contributed by atoms with E-state index in [2.05, 4.69) is 113 Å². The summed E-state index contributed by atoms with van der Waals surface area (Å²) in [5.41, 5.74) is 6.25. The maximum absolute atomic E-state index is 3.46. The number of halogens is 1. The van der Waals surface area contributed by atoms with E-state index in [1.54, 1.807) is 0 Å². The largest absolute Gasteiger partial charge is 0.0876 e. The molecule has 0 heterocycles. The van der Waals surface area contributed by atoms with E-state index < -0.39 is 0 Å². The van der Waals surface area contributed by atoms with Crippen molar-refractivity contribution in [1.29, 1.82) is 0 Å². The van der Waals surface area contributed by atoms with Gasteiger partial charge in [-0.1, -0.05) is 124 Å². The van der Waals surface area contributed by atoms with Gasteiger partial charge in [0.25, 0.3) is 0 Å². The van der Waals surface area contributed by atoms with E-state index in [-0.39, 0.29) is 0 Å². The van der Waals surface area contributed by atoms with Crippen LogP contribution in [0, 0.1) is 6.92 Å². The van der Waals surface area contributed by atoms with Gasteiger partial charge in [-0.05, 0) is 47.3 Å².